The molecule has 5 N–H and O–H groups in total. The first-order chi connectivity index (χ1) is 7.47. The van der Waals surface area contributed by atoms with Crippen molar-refractivity contribution in [1.82, 2.24) is 0 Å². The summed E-state index contributed by atoms with van der Waals surface area (Å²) in [7, 11) is 0. The monoisotopic (exact) mass is 242 g/mol. The molecule has 0 unspecified atom stereocenters. The molecular weight excluding hydrogens is 220 g/mol. The van der Waals surface area contributed by atoms with Crippen molar-refractivity contribution < 1.29 is 35.0 Å². The van der Waals surface area contributed by atoms with Gasteiger partial charge in [-0.2, -0.15) is 0 Å². The molecule has 0 aromatic heterocycles. The maximum Gasteiger partial charge on any atom is 0.274 e. The van der Waals surface area contributed by atoms with Crippen molar-refractivity contribution in [1.29, 1.82) is 0 Å². The lowest BCUT2D eigenvalue weighted by molar-refractivity contribution is -0.312. The molecule has 0 atom stereocenters. The van der Waals surface area contributed by atoms with Crippen molar-refractivity contribution in [2.45, 2.75) is 19.3 Å². The highest BCUT2D eigenvalue weighted by Crippen LogP contribution is 1.95. The molecule has 0 heterocycles. The Hall–Kier alpha value is -0.280. The molecule has 0 bridgehead atoms. The van der Waals surface area contributed by atoms with Crippen LogP contribution in [0.4, 0.5) is 0 Å². The van der Waals surface area contributed by atoms with Crippen molar-refractivity contribution >= 4 is 0 Å². The second-order valence-electron chi connectivity index (χ2n) is 2.80. The Kier molecular flexibility index (Phi) is 14.5. The summed E-state index contributed by atoms with van der Waals surface area (Å²) >= 11 is 0. The van der Waals surface area contributed by atoms with Gasteiger partial charge in [0.05, 0.1) is 39.6 Å². The molecule has 0 aliphatic carbocycles. The molecule has 0 aromatic rings. The first-order valence-corrected chi connectivity index (χ1v) is 5.02. The highest BCUT2D eigenvalue weighted by Gasteiger charge is 2.11. The quantitative estimate of drug-likeness (QED) is 0.247. The van der Waals surface area contributed by atoms with Crippen molar-refractivity contribution in [3.05, 3.63) is 0 Å². The molecule has 0 fully saturated rings. The summed E-state index contributed by atoms with van der Waals surface area (Å²) in [6, 6.07) is 0. The first-order valence-electron chi connectivity index (χ1n) is 5.02. The van der Waals surface area contributed by atoms with Gasteiger partial charge in [-0.25, -0.2) is 0 Å². The molecule has 7 heteroatoms. The van der Waals surface area contributed by atoms with Crippen LogP contribution in [0.15, 0.2) is 0 Å². The van der Waals surface area contributed by atoms with Crippen LogP contribution in [0.25, 0.3) is 0 Å². The zero-order valence-corrected chi connectivity index (χ0v) is 9.50. The van der Waals surface area contributed by atoms with Crippen LogP contribution in [0.3, 0.4) is 0 Å². The smallest absolute Gasteiger partial charge is 0.274 e. The lowest BCUT2D eigenvalue weighted by atomic mass is 10.4. The molecule has 0 aliphatic rings. The average molecular weight is 242 g/mol. The van der Waals surface area contributed by atoms with Gasteiger partial charge in [-0.1, -0.05) is 6.92 Å². The minimum absolute atomic E-state index is 0.0417. The van der Waals surface area contributed by atoms with Crippen LogP contribution in [-0.2, 0) is 9.47 Å². The van der Waals surface area contributed by atoms with Crippen molar-refractivity contribution in [2.75, 3.05) is 39.6 Å². The molecule has 0 saturated carbocycles. The van der Waals surface area contributed by atoms with Gasteiger partial charge < -0.3 is 35.0 Å². The molecule has 0 aromatic carbocycles. The lowest BCUT2D eigenvalue weighted by Crippen LogP contribution is -2.24. The Morgan fingerprint density at radius 3 is 1.31 bits per heavy atom. The fourth-order valence-electron chi connectivity index (χ4n) is 0.451. The Morgan fingerprint density at radius 1 is 0.812 bits per heavy atom. The summed E-state index contributed by atoms with van der Waals surface area (Å²) < 4.78 is 9.75. The van der Waals surface area contributed by atoms with E-state index in [9.17, 15) is 0 Å². The zero-order chi connectivity index (χ0) is 12.9. The highest BCUT2D eigenvalue weighted by molar-refractivity contribution is 4.35. The standard InChI is InChI=1S/C6H14O4.C3H8O3/c7-1-3-9-5-6-10-4-2-8;1-2-3(4,5)6/h7-8H,1-6H2;4-6H,2H2,1H3. The summed E-state index contributed by atoms with van der Waals surface area (Å²) in [4.78, 5) is 0. The van der Waals surface area contributed by atoms with E-state index in [1.54, 1.807) is 0 Å². The van der Waals surface area contributed by atoms with Gasteiger partial charge in [0.25, 0.3) is 5.97 Å². The minimum Gasteiger partial charge on any atom is -0.394 e. The van der Waals surface area contributed by atoms with E-state index in [1.807, 2.05) is 0 Å². The Labute approximate surface area is 94.9 Å². The molecule has 0 amide bonds. The minimum atomic E-state index is -2.46. The van der Waals surface area contributed by atoms with Gasteiger partial charge in [-0.15, -0.1) is 0 Å². The van der Waals surface area contributed by atoms with Gasteiger partial charge in [-0.3, -0.25) is 0 Å². The molecule has 0 aliphatic heterocycles. The van der Waals surface area contributed by atoms with E-state index in [0.717, 1.165) is 0 Å². The van der Waals surface area contributed by atoms with E-state index >= 15 is 0 Å². The van der Waals surface area contributed by atoms with Gasteiger partial charge in [-0.05, 0) is 0 Å². The Morgan fingerprint density at radius 2 is 1.12 bits per heavy atom. The van der Waals surface area contributed by atoms with Crippen LogP contribution in [0.1, 0.15) is 13.3 Å². The summed E-state index contributed by atoms with van der Waals surface area (Å²) in [5, 5.41) is 40.3. The fourth-order valence-corrected chi connectivity index (χ4v) is 0.451. The summed E-state index contributed by atoms with van der Waals surface area (Å²) in [5.41, 5.74) is 0. The van der Waals surface area contributed by atoms with Crippen LogP contribution in [0.5, 0.6) is 0 Å². The summed E-state index contributed by atoms with van der Waals surface area (Å²) in [6.07, 6.45) is -0.0625. The lowest BCUT2D eigenvalue weighted by Gasteiger charge is -2.08. The number of hydrogen-bond donors (Lipinski definition) is 5. The zero-order valence-electron chi connectivity index (χ0n) is 9.50. The SMILES string of the molecule is CCC(O)(O)O.OCCOCCOCCO. The summed E-state index contributed by atoms with van der Waals surface area (Å²) in [6.45, 7) is 3.19. The molecule has 0 saturated heterocycles. The second-order valence-corrected chi connectivity index (χ2v) is 2.80. The van der Waals surface area contributed by atoms with Gasteiger partial charge in [0.2, 0.25) is 0 Å². The normalized spacial score (nSPS) is 10.9. The van der Waals surface area contributed by atoms with Crippen LogP contribution in [0, 0.1) is 0 Å². The van der Waals surface area contributed by atoms with Crippen molar-refractivity contribution in [3.63, 3.8) is 0 Å². The van der Waals surface area contributed by atoms with E-state index in [1.165, 1.54) is 6.92 Å². The molecule has 100 valence electrons. The molecule has 16 heavy (non-hydrogen) atoms. The van der Waals surface area contributed by atoms with E-state index in [-0.39, 0.29) is 19.6 Å². The maximum absolute atomic E-state index is 8.26. The first kappa shape index (κ1) is 18.1. The van der Waals surface area contributed by atoms with Gasteiger partial charge >= 0.3 is 0 Å². The molecule has 0 radical (unpaired) electrons. The van der Waals surface area contributed by atoms with Crippen LogP contribution >= 0.6 is 0 Å². The molecule has 0 spiro atoms. The van der Waals surface area contributed by atoms with Gasteiger partial charge in [0.1, 0.15) is 0 Å². The van der Waals surface area contributed by atoms with E-state index < -0.39 is 5.97 Å². The van der Waals surface area contributed by atoms with Gasteiger partial charge in [0.15, 0.2) is 0 Å². The predicted molar refractivity (Wildman–Crippen MR) is 55.5 cm³/mol. The van der Waals surface area contributed by atoms with E-state index in [0.29, 0.717) is 26.4 Å². The van der Waals surface area contributed by atoms with Crippen molar-refractivity contribution in [3.8, 4) is 0 Å². The molecular formula is C9H22O7. The fraction of sp³-hybridized carbons (Fsp3) is 1.00. The van der Waals surface area contributed by atoms with Crippen LogP contribution < -0.4 is 0 Å². The second kappa shape index (κ2) is 12.8. The largest absolute Gasteiger partial charge is 0.394 e. The Bertz CT molecular complexity index is 116. The van der Waals surface area contributed by atoms with E-state index in [2.05, 4.69) is 0 Å². The van der Waals surface area contributed by atoms with Crippen LogP contribution in [0.2, 0.25) is 0 Å². The third kappa shape index (κ3) is 23.5. The van der Waals surface area contributed by atoms with Crippen LogP contribution in [-0.4, -0.2) is 71.1 Å². The number of hydrogen-bond acceptors (Lipinski definition) is 7. The predicted octanol–water partition coefficient (Wildman–Crippen LogP) is -1.97. The van der Waals surface area contributed by atoms with Gasteiger partial charge in [0, 0.05) is 6.42 Å². The van der Waals surface area contributed by atoms with Crippen molar-refractivity contribution in [2.24, 2.45) is 0 Å². The highest BCUT2D eigenvalue weighted by atomic mass is 16.7. The third-order valence-corrected chi connectivity index (χ3v) is 1.32. The Balaban J connectivity index is 0. The number of ether oxygens (including phenoxy) is 2. The maximum atomic E-state index is 8.26. The summed E-state index contributed by atoms with van der Waals surface area (Å²) in [5.74, 6) is -2.46. The average Bonchev–Trinajstić information content (AvgIpc) is 2.23. The third-order valence-electron chi connectivity index (χ3n) is 1.32. The number of rotatable bonds is 8. The topological polar surface area (TPSA) is 120 Å². The molecule has 0 rings (SSSR count). The number of aliphatic hydroxyl groups excluding tert-OH is 2. The molecule has 7 nitrogen and oxygen atoms in total. The number of aliphatic hydroxyl groups is 5. The van der Waals surface area contributed by atoms with E-state index in [4.69, 9.17) is 35.0 Å².